The summed E-state index contributed by atoms with van der Waals surface area (Å²) >= 11 is 0. The summed E-state index contributed by atoms with van der Waals surface area (Å²) in [6.45, 7) is 5.23. The van der Waals surface area contributed by atoms with Crippen molar-refractivity contribution in [3.05, 3.63) is 0 Å². The summed E-state index contributed by atoms with van der Waals surface area (Å²) in [7, 11) is 0. The molecule has 74 valence electrons. The van der Waals surface area contributed by atoms with Crippen molar-refractivity contribution in [2.45, 2.75) is 51.2 Å². The van der Waals surface area contributed by atoms with Gasteiger partial charge in [0.25, 0.3) is 0 Å². The second kappa shape index (κ2) is 3.29. The van der Waals surface area contributed by atoms with Crippen molar-refractivity contribution < 1.29 is 4.79 Å². The minimum atomic E-state index is 0.160. The molecule has 1 amide bonds. The predicted molar refractivity (Wildman–Crippen MR) is 51.4 cm³/mol. The first-order valence-electron chi connectivity index (χ1n) is 5.25. The van der Waals surface area contributed by atoms with E-state index in [0.29, 0.717) is 12.1 Å². The molecule has 2 fully saturated rings. The maximum absolute atomic E-state index is 11.6. The summed E-state index contributed by atoms with van der Waals surface area (Å²) in [5, 5.41) is 2.98. The number of fused-ring (bicyclic) bond motifs is 2. The fourth-order valence-corrected chi connectivity index (χ4v) is 2.72. The Balaban J connectivity index is 2.20. The molecule has 2 rings (SSSR count). The highest BCUT2D eigenvalue weighted by molar-refractivity contribution is 5.82. The maximum Gasteiger partial charge on any atom is 0.237 e. The van der Waals surface area contributed by atoms with Crippen molar-refractivity contribution >= 4 is 5.91 Å². The van der Waals surface area contributed by atoms with Crippen LogP contribution in [-0.2, 0) is 4.79 Å². The van der Waals surface area contributed by atoms with Gasteiger partial charge >= 0.3 is 0 Å². The van der Waals surface area contributed by atoms with E-state index in [-0.39, 0.29) is 11.9 Å². The average Bonchev–Trinajstić information content (AvgIpc) is 2.39. The molecular weight excluding hydrogens is 164 g/mol. The molecule has 13 heavy (non-hydrogen) atoms. The molecule has 2 heterocycles. The maximum atomic E-state index is 11.6. The van der Waals surface area contributed by atoms with Crippen LogP contribution in [0.15, 0.2) is 0 Å². The second-order valence-electron chi connectivity index (χ2n) is 4.37. The highest BCUT2D eigenvalue weighted by atomic mass is 16.2. The number of hydrogen-bond acceptors (Lipinski definition) is 2. The minimum Gasteiger partial charge on any atom is -0.355 e. The number of carbonyl (C=O) groups is 1. The van der Waals surface area contributed by atoms with Crippen molar-refractivity contribution in [1.29, 1.82) is 0 Å². The van der Waals surface area contributed by atoms with Crippen LogP contribution in [0.2, 0.25) is 0 Å². The van der Waals surface area contributed by atoms with Crippen molar-refractivity contribution in [3.8, 4) is 0 Å². The van der Waals surface area contributed by atoms with E-state index in [2.05, 4.69) is 24.1 Å². The van der Waals surface area contributed by atoms with Gasteiger partial charge in [0.15, 0.2) is 0 Å². The predicted octanol–water partition coefficient (Wildman–Crippen LogP) is 0.748. The van der Waals surface area contributed by atoms with Gasteiger partial charge in [-0.25, -0.2) is 0 Å². The van der Waals surface area contributed by atoms with Crippen LogP contribution < -0.4 is 5.32 Å². The summed E-state index contributed by atoms with van der Waals surface area (Å²) in [5.41, 5.74) is 0. The smallest absolute Gasteiger partial charge is 0.237 e. The number of nitrogens with one attached hydrogen (secondary N) is 1. The first-order valence-corrected chi connectivity index (χ1v) is 5.25. The van der Waals surface area contributed by atoms with Crippen molar-refractivity contribution in [2.75, 3.05) is 6.54 Å². The average molecular weight is 182 g/mol. The van der Waals surface area contributed by atoms with Crippen LogP contribution in [0, 0.1) is 0 Å². The van der Waals surface area contributed by atoms with Crippen LogP contribution in [0.1, 0.15) is 33.1 Å². The van der Waals surface area contributed by atoms with Crippen LogP contribution >= 0.6 is 0 Å². The van der Waals surface area contributed by atoms with E-state index >= 15 is 0 Å². The van der Waals surface area contributed by atoms with Crippen molar-refractivity contribution in [1.82, 2.24) is 10.2 Å². The number of hydrogen-bond donors (Lipinski definition) is 1. The van der Waals surface area contributed by atoms with Crippen LogP contribution in [0.25, 0.3) is 0 Å². The third-order valence-corrected chi connectivity index (χ3v) is 3.23. The highest BCUT2D eigenvalue weighted by Crippen LogP contribution is 2.30. The summed E-state index contributed by atoms with van der Waals surface area (Å²) in [6.07, 6.45) is 3.38. The molecule has 0 spiro atoms. The first kappa shape index (κ1) is 9.00. The molecule has 0 radical (unpaired) electrons. The number of amides is 1. The highest BCUT2D eigenvalue weighted by Gasteiger charge is 2.40. The number of nitrogens with zero attached hydrogens (tertiary/aromatic N) is 1. The van der Waals surface area contributed by atoms with E-state index in [4.69, 9.17) is 0 Å². The van der Waals surface area contributed by atoms with E-state index < -0.39 is 0 Å². The van der Waals surface area contributed by atoms with Gasteiger partial charge in [0.2, 0.25) is 5.91 Å². The lowest BCUT2D eigenvalue weighted by molar-refractivity contribution is -0.125. The second-order valence-corrected chi connectivity index (χ2v) is 4.37. The van der Waals surface area contributed by atoms with Crippen molar-refractivity contribution in [2.24, 2.45) is 0 Å². The summed E-state index contributed by atoms with van der Waals surface area (Å²) in [4.78, 5) is 14.0. The zero-order chi connectivity index (χ0) is 9.42. The molecule has 0 aromatic carbocycles. The van der Waals surface area contributed by atoms with E-state index in [1.165, 1.54) is 6.42 Å². The zero-order valence-electron chi connectivity index (χ0n) is 8.42. The Morgan fingerprint density at radius 1 is 1.38 bits per heavy atom. The molecule has 0 aromatic heterocycles. The normalized spacial score (nSPS) is 34.8. The van der Waals surface area contributed by atoms with Gasteiger partial charge in [0.1, 0.15) is 0 Å². The van der Waals surface area contributed by atoms with Gasteiger partial charge in [-0.05, 0) is 33.1 Å². The van der Waals surface area contributed by atoms with Gasteiger partial charge < -0.3 is 5.32 Å². The molecule has 1 N–H and O–H groups in total. The number of rotatable bonds is 1. The van der Waals surface area contributed by atoms with E-state index in [0.717, 1.165) is 19.4 Å². The molecule has 0 aliphatic carbocycles. The monoisotopic (exact) mass is 182 g/mol. The molecule has 2 aliphatic rings. The van der Waals surface area contributed by atoms with E-state index in [1.54, 1.807) is 0 Å². The van der Waals surface area contributed by atoms with E-state index in [1.807, 2.05) is 0 Å². The molecule has 2 saturated heterocycles. The molecule has 2 aliphatic heterocycles. The Morgan fingerprint density at radius 3 is 2.85 bits per heavy atom. The van der Waals surface area contributed by atoms with Crippen LogP contribution in [0.5, 0.6) is 0 Å². The van der Waals surface area contributed by atoms with Gasteiger partial charge in [-0.3, -0.25) is 9.69 Å². The summed E-state index contributed by atoms with van der Waals surface area (Å²) in [6, 6.07) is 1.30. The Morgan fingerprint density at radius 2 is 2.15 bits per heavy atom. The number of carbonyl (C=O) groups excluding carboxylic acids is 1. The first-order chi connectivity index (χ1) is 6.20. The van der Waals surface area contributed by atoms with Gasteiger partial charge in [0.05, 0.1) is 6.04 Å². The molecule has 2 unspecified atom stereocenters. The largest absolute Gasteiger partial charge is 0.355 e. The topological polar surface area (TPSA) is 32.3 Å². The van der Waals surface area contributed by atoms with Gasteiger partial charge in [-0.1, -0.05) is 0 Å². The third kappa shape index (κ3) is 1.46. The van der Waals surface area contributed by atoms with E-state index in [9.17, 15) is 4.79 Å². The van der Waals surface area contributed by atoms with Crippen LogP contribution in [0.4, 0.5) is 0 Å². The van der Waals surface area contributed by atoms with Gasteiger partial charge in [-0.15, -0.1) is 0 Å². The molecule has 0 saturated carbocycles. The fraction of sp³-hybridized carbons (Fsp3) is 0.900. The Hall–Kier alpha value is -0.570. The fourth-order valence-electron chi connectivity index (χ4n) is 2.72. The molecule has 2 bridgehead atoms. The molecular formula is C10H18N2O. The summed E-state index contributed by atoms with van der Waals surface area (Å²) in [5.74, 6) is 0.244. The minimum absolute atomic E-state index is 0.160. The third-order valence-electron chi connectivity index (χ3n) is 3.23. The van der Waals surface area contributed by atoms with Crippen LogP contribution in [-0.4, -0.2) is 35.5 Å². The Labute approximate surface area is 79.5 Å². The van der Waals surface area contributed by atoms with Gasteiger partial charge in [-0.2, -0.15) is 0 Å². The Bertz CT molecular complexity index is 215. The molecule has 0 aromatic rings. The molecule has 3 heteroatoms. The van der Waals surface area contributed by atoms with Crippen molar-refractivity contribution in [3.63, 3.8) is 0 Å². The quantitative estimate of drug-likeness (QED) is 0.649. The Kier molecular flexibility index (Phi) is 2.28. The lowest BCUT2D eigenvalue weighted by atomic mass is 10.1. The summed E-state index contributed by atoms with van der Waals surface area (Å²) < 4.78 is 0. The standard InChI is InChI=1S/C10H18N2O/c1-7(2)12-8-3-4-9(12)10(13)11-6-5-8/h7-9H,3-6H2,1-2H3,(H,11,13). The molecule has 2 atom stereocenters. The van der Waals surface area contributed by atoms with Gasteiger partial charge in [0, 0.05) is 18.6 Å². The zero-order valence-corrected chi connectivity index (χ0v) is 8.42. The SMILES string of the molecule is CC(C)N1C2CCNC(=O)C1CC2. The lowest BCUT2D eigenvalue weighted by Crippen LogP contribution is -2.45. The molecule has 3 nitrogen and oxygen atoms in total. The van der Waals surface area contributed by atoms with Crippen LogP contribution in [0.3, 0.4) is 0 Å². The lowest BCUT2D eigenvalue weighted by Gasteiger charge is -2.30.